The topological polar surface area (TPSA) is 117 Å². The Balaban J connectivity index is 1.58. The van der Waals surface area contributed by atoms with Gasteiger partial charge in [0.1, 0.15) is 0 Å². The molecule has 0 radical (unpaired) electrons. The monoisotopic (exact) mass is 484 g/mol. The Kier molecular flexibility index (Phi) is 6.38. The third-order valence-electron chi connectivity index (χ3n) is 5.77. The maximum Gasteiger partial charge on any atom is 0.322 e. The first-order chi connectivity index (χ1) is 16.3. The van der Waals surface area contributed by atoms with Gasteiger partial charge in [-0.25, -0.2) is 0 Å². The number of furan rings is 1. The molecule has 180 valence electrons. The van der Waals surface area contributed by atoms with E-state index >= 15 is 0 Å². The Bertz CT molecular complexity index is 1200. The summed E-state index contributed by atoms with van der Waals surface area (Å²) in [5.41, 5.74) is 2.14. The first-order valence-corrected chi connectivity index (χ1v) is 14.0. The van der Waals surface area contributed by atoms with Crippen LogP contribution in [0.25, 0.3) is 0 Å². The number of benzene rings is 1. The van der Waals surface area contributed by atoms with Crippen LogP contribution in [0.15, 0.2) is 28.7 Å². The first kappa shape index (κ1) is 23.4. The van der Waals surface area contributed by atoms with E-state index in [-0.39, 0.29) is 35.2 Å². The van der Waals surface area contributed by atoms with Crippen LogP contribution in [0.1, 0.15) is 16.1 Å². The molecule has 2 N–H and O–H groups in total. The summed E-state index contributed by atoms with van der Waals surface area (Å²) in [5.74, 6) is 0.595. The number of hydrogen-bond donors (Lipinski definition) is 2. The lowest BCUT2D eigenvalue weighted by Gasteiger charge is -2.33. The van der Waals surface area contributed by atoms with Gasteiger partial charge in [-0.05, 0) is 29.8 Å². The van der Waals surface area contributed by atoms with Gasteiger partial charge in [0.25, 0.3) is 11.9 Å². The zero-order valence-electron chi connectivity index (χ0n) is 20.1. The van der Waals surface area contributed by atoms with Crippen LogP contribution in [0.2, 0.25) is 19.1 Å². The number of carbonyl (C=O) groups is 1. The van der Waals surface area contributed by atoms with Crippen LogP contribution in [0.4, 0.5) is 11.4 Å². The minimum Gasteiger partial charge on any atom is -0.479 e. The van der Waals surface area contributed by atoms with Gasteiger partial charge in [-0.3, -0.25) is 4.79 Å². The number of fused-ring (bicyclic) bond motifs is 1. The molecular weight excluding hydrogens is 456 g/mol. The second-order valence-electron chi connectivity index (χ2n) is 8.47. The van der Waals surface area contributed by atoms with Gasteiger partial charge < -0.3 is 34.0 Å². The summed E-state index contributed by atoms with van der Waals surface area (Å²) in [7, 11) is 2.70. The maximum atomic E-state index is 12.9. The Morgan fingerprint density at radius 2 is 1.76 bits per heavy atom. The highest BCUT2D eigenvalue weighted by Crippen LogP contribution is 2.37. The lowest BCUT2D eigenvalue weighted by atomic mass is 10.2. The van der Waals surface area contributed by atoms with E-state index in [0.717, 1.165) is 23.8 Å². The van der Waals surface area contributed by atoms with Crippen LogP contribution < -0.4 is 34.8 Å². The standard InChI is InChI=1S/C23H28N4O6Si/c1-13-7-9-15-17(24-11-12-34(15,5)6)19(13)33-16-10-8-14(32-16)20(28)25-18-21(29-2)26-23(31-4)27-22(18)30-3/h7-10,24H,11-12H2,1-6H3,(H,25,28). The molecule has 0 atom stereocenters. The number of ether oxygens (including phenoxy) is 4. The Morgan fingerprint density at radius 3 is 2.41 bits per heavy atom. The third-order valence-corrected chi connectivity index (χ3v) is 9.15. The van der Waals surface area contributed by atoms with Crippen LogP contribution in [-0.2, 0) is 0 Å². The molecule has 0 spiro atoms. The molecule has 34 heavy (non-hydrogen) atoms. The highest BCUT2D eigenvalue weighted by Gasteiger charge is 2.32. The van der Waals surface area contributed by atoms with E-state index in [1.165, 1.54) is 32.6 Å². The smallest absolute Gasteiger partial charge is 0.322 e. The number of methoxy groups -OCH3 is 3. The molecule has 4 rings (SSSR count). The molecule has 3 heterocycles. The van der Waals surface area contributed by atoms with E-state index in [1.54, 1.807) is 6.07 Å². The van der Waals surface area contributed by atoms with Gasteiger partial charge >= 0.3 is 6.01 Å². The molecule has 11 heteroatoms. The number of amides is 1. The normalized spacial score (nSPS) is 13.9. The van der Waals surface area contributed by atoms with Crippen molar-refractivity contribution in [3.05, 3.63) is 35.6 Å². The fourth-order valence-corrected chi connectivity index (χ4v) is 6.29. The number of aryl methyl sites for hydroxylation is 1. The van der Waals surface area contributed by atoms with Crippen LogP contribution in [0.5, 0.6) is 29.5 Å². The first-order valence-electron chi connectivity index (χ1n) is 10.8. The van der Waals surface area contributed by atoms with Crippen LogP contribution in [0, 0.1) is 6.92 Å². The molecule has 10 nitrogen and oxygen atoms in total. The van der Waals surface area contributed by atoms with E-state index in [0.29, 0.717) is 5.75 Å². The third kappa shape index (κ3) is 4.38. The predicted octanol–water partition coefficient (Wildman–Crippen LogP) is 3.79. The second-order valence-corrected chi connectivity index (χ2v) is 13.3. The minimum absolute atomic E-state index is 0.0417. The Hall–Kier alpha value is -3.73. The number of hydrogen-bond acceptors (Lipinski definition) is 9. The van der Waals surface area contributed by atoms with Crippen LogP contribution in [0.3, 0.4) is 0 Å². The number of rotatable bonds is 7. The molecule has 0 fully saturated rings. The zero-order chi connectivity index (χ0) is 24.5. The number of anilines is 2. The number of carbonyl (C=O) groups excluding carboxylic acids is 1. The lowest BCUT2D eigenvalue weighted by Crippen LogP contribution is -2.47. The SMILES string of the molecule is COc1nc(OC)c(NC(=O)c2ccc(Oc3c(C)ccc4c3NCC[Si]4(C)C)o2)c(OC)n1. The van der Waals surface area contributed by atoms with Crippen LogP contribution >= 0.6 is 0 Å². The van der Waals surface area contributed by atoms with E-state index in [1.807, 2.05) is 6.92 Å². The molecule has 1 aliphatic rings. The molecular formula is C23H28N4O6Si. The van der Waals surface area contributed by atoms with Gasteiger partial charge in [0, 0.05) is 12.6 Å². The molecule has 0 saturated heterocycles. The van der Waals surface area contributed by atoms with Crippen molar-refractivity contribution in [3.63, 3.8) is 0 Å². The summed E-state index contributed by atoms with van der Waals surface area (Å²) < 4.78 is 27.4. The minimum atomic E-state index is -1.55. The largest absolute Gasteiger partial charge is 0.479 e. The fraction of sp³-hybridized carbons (Fsp3) is 0.348. The predicted molar refractivity (Wildman–Crippen MR) is 130 cm³/mol. The molecule has 1 aromatic carbocycles. The van der Waals surface area contributed by atoms with Crippen molar-refractivity contribution in [2.75, 3.05) is 38.5 Å². The summed E-state index contributed by atoms with van der Waals surface area (Å²) >= 11 is 0. The fourth-order valence-electron chi connectivity index (χ4n) is 3.86. The van der Waals surface area contributed by atoms with Gasteiger partial charge in [-0.15, -0.1) is 0 Å². The molecule has 1 aliphatic heterocycles. The highest BCUT2D eigenvalue weighted by molar-refractivity contribution is 6.91. The van der Waals surface area contributed by atoms with E-state index in [9.17, 15) is 4.79 Å². The molecule has 2 aromatic heterocycles. The second kappa shape index (κ2) is 9.25. The van der Waals surface area contributed by atoms with Crippen molar-refractivity contribution in [2.45, 2.75) is 26.1 Å². The zero-order valence-corrected chi connectivity index (χ0v) is 21.1. The van der Waals surface area contributed by atoms with Crippen molar-refractivity contribution in [1.29, 1.82) is 0 Å². The molecule has 0 bridgehead atoms. The summed E-state index contributed by atoms with van der Waals surface area (Å²) in [4.78, 5) is 21.0. The summed E-state index contributed by atoms with van der Waals surface area (Å²) in [6.07, 6.45) is 0. The number of aromatic nitrogens is 2. The maximum absolute atomic E-state index is 12.9. The quantitative estimate of drug-likeness (QED) is 0.483. The van der Waals surface area contributed by atoms with Crippen molar-refractivity contribution in [1.82, 2.24) is 9.97 Å². The van der Waals surface area contributed by atoms with E-state index in [4.69, 9.17) is 23.4 Å². The lowest BCUT2D eigenvalue weighted by molar-refractivity contribution is 0.0990. The van der Waals surface area contributed by atoms with Gasteiger partial charge in [-0.1, -0.05) is 25.2 Å². The summed E-state index contributed by atoms with van der Waals surface area (Å²) in [5, 5.41) is 7.48. The van der Waals surface area contributed by atoms with Crippen molar-refractivity contribution < 1.29 is 28.2 Å². The van der Waals surface area contributed by atoms with Crippen LogP contribution in [-0.4, -0.2) is 51.8 Å². The average molecular weight is 485 g/mol. The van der Waals surface area contributed by atoms with Crippen molar-refractivity contribution >= 4 is 30.5 Å². The Labute approximate surface area is 198 Å². The van der Waals surface area contributed by atoms with Crippen molar-refractivity contribution in [2.24, 2.45) is 0 Å². The average Bonchev–Trinajstić information content (AvgIpc) is 3.29. The van der Waals surface area contributed by atoms with Gasteiger partial charge in [0.15, 0.2) is 17.2 Å². The number of nitrogens with one attached hydrogen (secondary N) is 2. The number of nitrogens with zero attached hydrogens (tertiary/aromatic N) is 2. The molecule has 0 aliphatic carbocycles. The van der Waals surface area contributed by atoms with Gasteiger partial charge in [0.05, 0.1) is 35.1 Å². The molecule has 3 aromatic rings. The summed E-state index contributed by atoms with van der Waals surface area (Å²) in [6, 6.07) is 8.60. The van der Waals surface area contributed by atoms with Crippen molar-refractivity contribution in [3.8, 4) is 29.5 Å². The summed E-state index contributed by atoms with van der Waals surface area (Å²) in [6.45, 7) is 7.60. The highest BCUT2D eigenvalue weighted by atomic mass is 28.3. The van der Waals surface area contributed by atoms with Gasteiger partial charge in [-0.2, -0.15) is 9.97 Å². The molecule has 1 amide bonds. The van der Waals surface area contributed by atoms with E-state index < -0.39 is 14.0 Å². The van der Waals surface area contributed by atoms with E-state index in [2.05, 4.69) is 45.8 Å². The molecule has 0 saturated carbocycles. The molecule has 0 unspecified atom stereocenters. The Morgan fingerprint density at radius 1 is 1.06 bits per heavy atom. The van der Waals surface area contributed by atoms with Gasteiger partial charge in [0.2, 0.25) is 11.8 Å².